The molecule has 1 heterocycles. The summed E-state index contributed by atoms with van der Waals surface area (Å²) in [6.45, 7) is 8.09. The number of hydrogen-bond donors (Lipinski definition) is 1. The number of nitrogens with one attached hydrogen (secondary N) is 1. The predicted molar refractivity (Wildman–Crippen MR) is 92.6 cm³/mol. The van der Waals surface area contributed by atoms with Gasteiger partial charge in [0.2, 0.25) is 0 Å². The van der Waals surface area contributed by atoms with Crippen LogP contribution in [0.15, 0.2) is 41.6 Å². The molecule has 0 radical (unpaired) electrons. The van der Waals surface area contributed by atoms with Crippen LogP contribution in [0.25, 0.3) is 0 Å². The van der Waals surface area contributed by atoms with Gasteiger partial charge in [-0.1, -0.05) is 17.7 Å². The topological polar surface area (TPSA) is 56.2 Å². The number of hydrogen-bond acceptors (Lipinski definition) is 4. The van der Waals surface area contributed by atoms with Crippen LogP contribution in [0.4, 0.5) is 4.79 Å². The molecular weight excluding hydrogens is 310 g/mol. The van der Waals surface area contributed by atoms with E-state index in [-0.39, 0.29) is 0 Å². The van der Waals surface area contributed by atoms with E-state index >= 15 is 0 Å². The fraction of sp³-hybridized carbons (Fsp3) is 0.412. The fourth-order valence-corrected chi connectivity index (χ4v) is 2.73. The Labute approximate surface area is 141 Å². The highest BCUT2D eigenvalue weighted by Gasteiger charge is 2.15. The summed E-state index contributed by atoms with van der Waals surface area (Å²) < 4.78 is 7.23. The fourth-order valence-electron chi connectivity index (χ4n) is 1.88. The Balaban J connectivity index is 1.86. The van der Waals surface area contributed by atoms with E-state index < -0.39 is 11.7 Å². The molecule has 0 fully saturated rings. The number of amides is 1. The van der Waals surface area contributed by atoms with E-state index in [2.05, 4.69) is 41.5 Å². The Bertz CT molecular complexity index is 645. The molecule has 0 bridgehead atoms. The quantitative estimate of drug-likeness (QED) is 0.904. The lowest BCUT2D eigenvalue weighted by Crippen LogP contribution is -2.33. The van der Waals surface area contributed by atoms with Gasteiger partial charge in [0.1, 0.15) is 11.4 Å². The molecule has 0 aliphatic carbocycles. The van der Waals surface area contributed by atoms with Gasteiger partial charge in [-0.25, -0.2) is 9.78 Å². The Morgan fingerprint density at radius 2 is 2.00 bits per heavy atom. The zero-order valence-corrected chi connectivity index (χ0v) is 14.8. The molecule has 0 aliphatic heterocycles. The average Bonchev–Trinajstić information content (AvgIpc) is 2.87. The van der Waals surface area contributed by atoms with E-state index in [1.54, 1.807) is 18.1 Å². The number of benzene rings is 1. The monoisotopic (exact) mass is 333 g/mol. The van der Waals surface area contributed by atoms with Crippen molar-refractivity contribution in [1.82, 2.24) is 14.3 Å². The van der Waals surface area contributed by atoms with E-state index in [1.165, 1.54) is 5.56 Å². The summed E-state index contributed by atoms with van der Waals surface area (Å²) in [5.74, 6) is 0.909. The van der Waals surface area contributed by atoms with Crippen molar-refractivity contribution < 1.29 is 9.53 Å². The van der Waals surface area contributed by atoms with Crippen LogP contribution in [0.3, 0.4) is 0 Å². The third kappa shape index (κ3) is 5.98. The first-order valence-corrected chi connectivity index (χ1v) is 8.35. The molecule has 0 saturated carbocycles. The van der Waals surface area contributed by atoms with Crippen LogP contribution in [-0.2, 0) is 11.2 Å². The van der Waals surface area contributed by atoms with Gasteiger partial charge in [-0.15, -0.1) is 0 Å². The van der Waals surface area contributed by atoms with Crippen LogP contribution in [0, 0.1) is 6.92 Å². The zero-order chi connectivity index (χ0) is 16.9. The van der Waals surface area contributed by atoms with Gasteiger partial charge >= 0.3 is 6.09 Å². The van der Waals surface area contributed by atoms with Crippen molar-refractivity contribution in [3.63, 3.8) is 0 Å². The maximum absolute atomic E-state index is 11.6. The van der Waals surface area contributed by atoms with Gasteiger partial charge in [0.15, 0.2) is 0 Å². The summed E-state index contributed by atoms with van der Waals surface area (Å²) in [6, 6.07) is 8.34. The van der Waals surface area contributed by atoms with Crippen LogP contribution < -0.4 is 5.32 Å². The molecule has 0 spiro atoms. The van der Waals surface area contributed by atoms with Gasteiger partial charge in [0.05, 0.1) is 0 Å². The lowest BCUT2D eigenvalue weighted by atomic mass is 10.2. The second kappa shape index (κ2) is 7.55. The second-order valence-corrected chi connectivity index (χ2v) is 7.30. The number of rotatable bonds is 5. The number of aryl methyl sites for hydroxylation is 1. The largest absolute Gasteiger partial charge is 0.444 e. The maximum Gasteiger partial charge on any atom is 0.407 e. The Kier molecular flexibility index (Phi) is 5.71. The van der Waals surface area contributed by atoms with Crippen molar-refractivity contribution in [2.45, 2.75) is 44.6 Å². The first-order chi connectivity index (χ1) is 10.8. The number of carbonyl (C=O) groups is 1. The van der Waals surface area contributed by atoms with Gasteiger partial charge in [-0.3, -0.25) is 3.97 Å². The molecular formula is C17H23N3O2S. The summed E-state index contributed by atoms with van der Waals surface area (Å²) in [6.07, 6.45) is 3.93. The van der Waals surface area contributed by atoms with Crippen molar-refractivity contribution in [2.75, 3.05) is 6.54 Å². The number of nitrogens with zero attached hydrogens (tertiary/aromatic N) is 2. The normalized spacial score (nSPS) is 11.3. The van der Waals surface area contributed by atoms with E-state index in [0.717, 1.165) is 10.7 Å². The second-order valence-electron chi connectivity index (χ2n) is 6.25. The number of alkyl carbamates (subject to hydrolysis) is 1. The SMILES string of the molecule is Cc1ccc(Sn2ccnc2CCNC(=O)OC(C)(C)C)cc1. The van der Waals surface area contributed by atoms with Gasteiger partial charge in [0.25, 0.3) is 0 Å². The third-order valence-electron chi connectivity index (χ3n) is 2.92. The molecule has 1 aromatic carbocycles. The lowest BCUT2D eigenvalue weighted by Gasteiger charge is -2.19. The summed E-state index contributed by atoms with van der Waals surface area (Å²) in [5, 5.41) is 2.75. The molecule has 6 heteroatoms. The number of ether oxygens (including phenoxy) is 1. The molecule has 1 amide bonds. The van der Waals surface area contributed by atoms with E-state index in [4.69, 9.17) is 4.74 Å². The standard InChI is InChI=1S/C17H23N3O2S/c1-13-5-7-14(8-6-13)23-20-12-11-18-15(20)9-10-19-16(21)22-17(2,3)4/h5-8,11-12H,9-10H2,1-4H3,(H,19,21). The smallest absolute Gasteiger partial charge is 0.407 e. The average molecular weight is 333 g/mol. The summed E-state index contributed by atoms with van der Waals surface area (Å²) in [4.78, 5) is 17.1. The molecule has 0 aliphatic rings. The highest BCUT2D eigenvalue weighted by Crippen LogP contribution is 2.22. The predicted octanol–water partition coefficient (Wildman–Crippen LogP) is 3.81. The van der Waals surface area contributed by atoms with Crippen LogP contribution in [0.5, 0.6) is 0 Å². The van der Waals surface area contributed by atoms with Crippen LogP contribution in [-0.4, -0.2) is 27.2 Å². The molecule has 2 rings (SSSR count). The molecule has 1 aromatic heterocycles. The molecule has 1 N–H and O–H groups in total. The Morgan fingerprint density at radius 1 is 1.30 bits per heavy atom. The first kappa shape index (κ1) is 17.4. The van der Waals surface area contributed by atoms with Crippen LogP contribution >= 0.6 is 11.9 Å². The molecule has 5 nitrogen and oxygen atoms in total. The molecule has 0 saturated heterocycles. The van der Waals surface area contributed by atoms with E-state index in [0.29, 0.717) is 13.0 Å². The Hall–Kier alpha value is -1.95. The minimum atomic E-state index is -0.482. The number of carbonyl (C=O) groups excluding carboxylic acids is 1. The molecule has 23 heavy (non-hydrogen) atoms. The van der Waals surface area contributed by atoms with Gasteiger partial charge < -0.3 is 10.1 Å². The lowest BCUT2D eigenvalue weighted by molar-refractivity contribution is 0.0528. The minimum absolute atomic E-state index is 0.401. The molecule has 0 unspecified atom stereocenters. The number of imidazole rings is 1. The summed E-state index contributed by atoms with van der Waals surface area (Å²) in [5.41, 5.74) is 0.755. The number of aromatic nitrogens is 2. The molecule has 2 aromatic rings. The molecule has 124 valence electrons. The first-order valence-electron chi connectivity index (χ1n) is 7.57. The Morgan fingerprint density at radius 3 is 2.65 bits per heavy atom. The van der Waals surface area contributed by atoms with Crippen molar-refractivity contribution in [3.05, 3.63) is 48.0 Å². The van der Waals surface area contributed by atoms with E-state index in [9.17, 15) is 4.79 Å². The minimum Gasteiger partial charge on any atom is -0.444 e. The van der Waals surface area contributed by atoms with Crippen LogP contribution in [0.1, 0.15) is 32.2 Å². The van der Waals surface area contributed by atoms with Crippen molar-refractivity contribution in [3.8, 4) is 0 Å². The summed E-state index contributed by atoms with van der Waals surface area (Å²) in [7, 11) is 0. The van der Waals surface area contributed by atoms with Crippen LogP contribution in [0.2, 0.25) is 0 Å². The molecule has 0 atom stereocenters. The maximum atomic E-state index is 11.6. The van der Waals surface area contributed by atoms with Crippen molar-refractivity contribution in [2.24, 2.45) is 0 Å². The highest BCUT2D eigenvalue weighted by atomic mass is 32.2. The van der Waals surface area contributed by atoms with Crippen molar-refractivity contribution in [1.29, 1.82) is 0 Å². The third-order valence-corrected chi connectivity index (χ3v) is 3.93. The van der Waals surface area contributed by atoms with E-state index in [1.807, 2.05) is 30.9 Å². The van der Waals surface area contributed by atoms with Gasteiger partial charge in [0, 0.05) is 30.3 Å². The van der Waals surface area contributed by atoms with Gasteiger partial charge in [-0.05, 0) is 51.8 Å². The van der Waals surface area contributed by atoms with Gasteiger partial charge in [-0.2, -0.15) is 0 Å². The zero-order valence-electron chi connectivity index (χ0n) is 14.0. The highest BCUT2D eigenvalue weighted by molar-refractivity contribution is 7.97. The summed E-state index contributed by atoms with van der Waals surface area (Å²) >= 11 is 1.61. The van der Waals surface area contributed by atoms with Crippen molar-refractivity contribution >= 4 is 18.0 Å².